The topological polar surface area (TPSA) is 85.7 Å². The summed E-state index contributed by atoms with van der Waals surface area (Å²) in [6.07, 6.45) is 0.619. The highest BCUT2D eigenvalue weighted by molar-refractivity contribution is 6.17. The molecule has 0 radical (unpaired) electrons. The predicted octanol–water partition coefficient (Wildman–Crippen LogP) is 3.25. The fourth-order valence-corrected chi connectivity index (χ4v) is 2.88. The molecular formula is C17H12N2O3. The van der Waals surface area contributed by atoms with Crippen molar-refractivity contribution in [2.24, 2.45) is 4.99 Å². The Morgan fingerprint density at radius 1 is 1.18 bits per heavy atom. The van der Waals surface area contributed by atoms with Gasteiger partial charge in [0.1, 0.15) is 0 Å². The quantitative estimate of drug-likeness (QED) is 0.677. The Balaban J connectivity index is 1.91. The van der Waals surface area contributed by atoms with Crippen LogP contribution in [0, 0.1) is 0 Å². The minimum absolute atomic E-state index is 0.0177. The second-order valence-corrected chi connectivity index (χ2v) is 5.28. The van der Waals surface area contributed by atoms with Gasteiger partial charge in [0, 0.05) is 17.3 Å². The van der Waals surface area contributed by atoms with Crippen LogP contribution in [0.1, 0.15) is 21.5 Å². The largest absolute Gasteiger partial charge is 0.494 e. The zero-order valence-corrected chi connectivity index (χ0v) is 11.5. The van der Waals surface area contributed by atoms with Crippen LogP contribution < -0.4 is 0 Å². The lowest BCUT2D eigenvalue weighted by atomic mass is 10.0. The van der Waals surface area contributed by atoms with Gasteiger partial charge in [0.2, 0.25) is 0 Å². The zero-order chi connectivity index (χ0) is 15.3. The molecule has 0 spiro atoms. The second kappa shape index (κ2) is 4.46. The molecule has 1 aliphatic rings. The lowest BCUT2D eigenvalue weighted by molar-refractivity contribution is 0.0697. The Morgan fingerprint density at radius 2 is 2.00 bits per heavy atom. The molecule has 5 heteroatoms. The average Bonchev–Trinajstić information content (AvgIpc) is 3.05. The second-order valence-electron chi connectivity index (χ2n) is 5.28. The molecule has 0 fully saturated rings. The molecule has 2 aromatic carbocycles. The van der Waals surface area contributed by atoms with Crippen LogP contribution in [0.25, 0.3) is 10.9 Å². The molecule has 0 atom stereocenters. The van der Waals surface area contributed by atoms with E-state index in [1.807, 2.05) is 24.3 Å². The summed E-state index contributed by atoms with van der Waals surface area (Å²) in [6, 6.07) is 12.5. The summed E-state index contributed by atoms with van der Waals surface area (Å²) in [6.45, 7) is 0. The number of aromatic carboxylic acids is 1. The van der Waals surface area contributed by atoms with Gasteiger partial charge < -0.3 is 15.2 Å². The number of carboxylic acids is 1. The normalized spacial score (nSPS) is 13.2. The Kier molecular flexibility index (Phi) is 2.56. The minimum Gasteiger partial charge on any atom is -0.494 e. The number of carboxylic acid groups (broad SMARTS) is 1. The van der Waals surface area contributed by atoms with E-state index in [0.717, 1.165) is 17.0 Å². The number of fused-ring (bicyclic) bond motifs is 2. The summed E-state index contributed by atoms with van der Waals surface area (Å²) in [4.78, 5) is 18.6. The number of nitrogens with one attached hydrogen (secondary N) is 1. The fraction of sp³-hybridized carbons (Fsp3) is 0.0588. The van der Waals surface area contributed by atoms with Gasteiger partial charge in [-0.3, -0.25) is 4.99 Å². The molecule has 0 saturated heterocycles. The summed E-state index contributed by atoms with van der Waals surface area (Å²) >= 11 is 0. The van der Waals surface area contributed by atoms with Crippen LogP contribution >= 0.6 is 0 Å². The monoisotopic (exact) mass is 292 g/mol. The fourth-order valence-electron chi connectivity index (χ4n) is 2.88. The molecule has 0 saturated carbocycles. The van der Waals surface area contributed by atoms with Gasteiger partial charge in [-0.15, -0.1) is 0 Å². The zero-order valence-electron chi connectivity index (χ0n) is 11.5. The van der Waals surface area contributed by atoms with E-state index in [4.69, 9.17) is 5.11 Å². The number of hydrogen-bond acceptors (Lipinski definition) is 3. The first-order valence-corrected chi connectivity index (χ1v) is 6.87. The number of aromatic amines is 1. The summed E-state index contributed by atoms with van der Waals surface area (Å²) in [5.74, 6) is -0.978. The molecule has 0 amide bonds. The van der Waals surface area contributed by atoms with E-state index in [-0.39, 0.29) is 11.4 Å². The lowest BCUT2D eigenvalue weighted by Gasteiger charge is -2.00. The summed E-state index contributed by atoms with van der Waals surface area (Å²) in [5, 5.41) is 20.0. The van der Waals surface area contributed by atoms with E-state index in [9.17, 15) is 9.90 Å². The SMILES string of the molecule is O=C(O)c1ccc2[nH]c(O)c(C3=Nc4ccccc4C3)c2c1. The van der Waals surface area contributed by atoms with Crippen LogP contribution in [0.3, 0.4) is 0 Å². The predicted molar refractivity (Wildman–Crippen MR) is 83.3 cm³/mol. The van der Waals surface area contributed by atoms with E-state index < -0.39 is 5.97 Å². The molecule has 3 N–H and O–H groups in total. The molecule has 2 heterocycles. The third-order valence-corrected chi connectivity index (χ3v) is 3.92. The standard InChI is InChI=1S/C17H12N2O3/c20-16-15(14-8-9-3-1-2-4-12(9)18-14)11-7-10(17(21)22)5-6-13(11)19-16/h1-7,19-20H,8H2,(H,21,22). The number of benzene rings is 2. The smallest absolute Gasteiger partial charge is 0.335 e. The maximum Gasteiger partial charge on any atom is 0.335 e. The van der Waals surface area contributed by atoms with Gasteiger partial charge in [-0.2, -0.15) is 0 Å². The van der Waals surface area contributed by atoms with Crippen molar-refractivity contribution in [3.05, 3.63) is 59.2 Å². The summed E-state index contributed by atoms with van der Waals surface area (Å²) in [5.41, 5.74) is 4.18. The Hall–Kier alpha value is -3.08. The first-order chi connectivity index (χ1) is 10.6. The number of para-hydroxylation sites is 1. The molecule has 1 aromatic heterocycles. The Labute approximate surface area is 125 Å². The molecular weight excluding hydrogens is 280 g/mol. The molecule has 0 aliphatic carbocycles. The highest BCUT2D eigenvalue weighted by Crippen LogP contribution is 2.35. The van der Waals surface area contributed by atoms with Crippen molar-refractivity contribution in [1.29, 1.82) is 0 Å². The van der Waals surface area contributed by atoms with Crippen molar-refractivity contribution in [2.75, 3.05) is 0 Å². The van der Waals surface area contributed by atoms with Crippen molar-refractivity contribution < 1.29 is 15.0 Å². The number of H-pyrrole nitrogens is 1. The molecule has 1 aliphatic heterocycles. The molecule has 108 valence electrons. The number of aromatic nitrogens is 1. The first kappa shape index (κ1) is 12.6. The van der Waals surface area contributed by atoms with Gasteiger partial charge in [0.25, 0.3) is 0 Å². The summed E-state index contributed by atoms with van der Waals surface area (Å²) < 4.78 is 0. The van der Waals surface area contributed by atoms with Crippen LogP contribution in [-0.2, 0) is 6.42 Å². The lowest BCUT2D eigenvalue weighted by Crippen LogP contribution is -2.01. The van der Waals surface area contributed by atoms with E-state index >= 15 is 0 Å². The minimum atomic E-state index is -0.995. The third-order valence-electron chi connectivity index (χ3n) is 3.92. The van der Waals surface area contributed by atoms with E-state index in [2.05, 4.69) is 9.98 Å². The maximum absolute atomic E-state index is 11.2. The average molecular weight is 292 g/mol. The van der Waals surface area contributed by atoms with Crippen molar-refractivity contribution in [3.63, 3.8) is 0 Å². The molecule has 0 unspecified atom stereocenters. The van der Waals surface area contributed by atoms with Crippen LogP contribution in [0.4, 0.5) is 5.69 Å². The van der Waals surface area contributed by atoms with Crippen molar-refractivity contribution in [2.45, 2.75) is 6.42 Å². The highest BCUT2D eigenvalue weighted by atomic mass is 16.4. The number of nitrogens with zero attached hydrogens (tertiary/aromatic N) is 1. The molecule has 4 rings (SSSR count). The van der Waals surface area contributed by atoms with Crippen molar-refractivity contribution in [3.8, 4) is 5.88 Å². The molecule has 3 aromatic rings. The van der Waals surface area contributed by atoms with Crippen LogP contribution in [0.5, 0.6) is 5.88 Å². The number of rotatable bonds is 2. The number of aliphatic imine (C=N–C) groups is 1. The summed E-state index contributed by atoms with van der Waals surface area (Å²) in [7, 11) is 0. The molecule has 5 nitrogen and oxygen atoms in total. The highest BCUT2D eigenvalue weighted by Gasteiger charge is 2.22. The van der Waals surface area contributed by atoms with Crippen LogP contribution in [-0.4, -0.2) is 26.9 Å². The van der Waals surface area contributed by atoms with E-state index in [1.54, 1.807) is 12.1 Å². The van der Waals surface area contributed by atoms with Crippen molar-refractivity contribution >= 4 is 28.3 Å². The maximum atomic E-state index is 11.2. The molecule has 0 bridgehead atoms. The first-order valence-electron chi connectivity index (χ1n) is 6.87. The number of carbonyl (C=O) groups is 1. The van der Waals surface area contributed by atoms with Crippen LogP contribution in [0.2, 0.25) is 0 Å². The van der Waals surface area contributed by atoms with Gasteiger partial charge in [-0.05, 0) is 29.8 Å². The molecule has 22 heavy (non-hydrogen) atoms. The van der Waals surface area contributed by atoms with Crippen LogP contribution in [0.15, 0.2) is 47.5 Å². The van der Waals surface area contributed by atoms with Gasteiger partial charge >= 0.3 is 5.97 Å². The third kappa shape index (κ3) is 1.79. The number of hydrogen-bond donors (Lipinski definition) is 3. The van der Waals surface area contributed by atoms with E-state index in [0.29, 0.717) is 22.9 Å². The van der Waals surface area contributed by atoms with Gasteiger partial charge in [-0.25, -0.2) is 4.79 Å². The Morgan fingerprint density at radius 3 is 2.77 bits per heavy atom. The van der Waals surface area contributed by atoms with Gasteiger partial charge in [-0.1, -0.05) is 18.2 Å². The van der Waals surface area contributed by atoms with Gasteiger partial charge in [0.15, 0.2) is 5.88 Å². The Bertz CT molecular complexity index is 954. The van der Waals surface area contributed by atoms with Crippen molar-refractivity contribution in [1.82, 2.24) is 4.98 Å². The number of aromatic hydroxyl groups is 1. The van der Waals surface area contributed by atoms with E-state index in [1.165, 1.54) is 6.07 Å². The van der Waals surface area contributed by atoms with Gasteiger partial charge in [0.05, 0.1) is 22.5 Å².